The largest absolute Gasteiger partial charge is 0.465 e. The van der Waals surface area contributed by atoms with Crippen LogP contribution < -0.4 is 10.8 Å². The zero-order valence-corrected chi connectivity index (χ0v) is 30.0. The van der Waals surface area contributed by atoms with Crippen molar-refractivity contribution in [2.24, 2.45) is 5.41 Å². The SMILES string of the molecule is CC(C)(C)N(C(=O)O)C(NOCCN1C(=O)S/C(=C\c2ccc3c(cnn3Cc3ccc(C(F)(F)F)cc3C(F)(F)F)c2)C1=O)(NC(=O)O)C(C)(C)C. The molecule has 1 aliphatic heterocycles. The maximum absolute atomic E-state index is 13.7. The second kappa shape index (κ2) is 14.5. The van der Waals surface area contributed by atoms with Crippen LogP contribution in [0.2, 0.25) is 0 Å². The Morgan fingerprint density at radius 2 is 1.62 bits per heavy atom. The molecule has 0 aliphatic carbocycles. The molecule has 1 saturated heterocycles. The van der Waals surface area contributed by atoms with Gasteiger partial charge in [-0.25, -0.2) is 9.59 Å². The van der Waals surface area contributed by atoms with Gasteiger partial charge in [-0.05, 0) is 74.0 Å². The molecule has 0 radical (unpaired) electrons. The number of nitrogens with zero attached hydrogens (tertiary/aromatic N) is 4. The number of alkyl halides is 6. The predicted molar refractivity (Wildman–Crippen MR) is 180 cm³/mol. The van der Waals surface area contributed by atoms with Crippen molar-refractivity contribution >= 4 is 52.1 Å². The van der Waals surface area contributed by atoms with Gasteiger partial charge in [0.05, 0.1) is 47.4 Å². The number of amides is 4. The molecule has 4 rings (SSSR count). The summed E-state index contributed by atoms with van der Waals surface area (Å²) in [6.07, 6.45) is -10.3. The van der Waals surface area contributed by atoms with Gasteiger partial charge in [0.25, 0.3) is 11.1 Å². The predicted octanol–water partition coefficient (Wildman–Crippen LogP) is 7.43. The number of carboxylic acid groups (broad SMARTS) is 2. The van der Waals surface area contributed by atoms with Crippen LogP contribution in [0.4, 0.5) is 40.7 Å². The van der Waals surface area contributed by atoms with E-state index < -0.39 is 75.7 Å². The van der Waals surface area contributed by atoms with E-state index in [0.29, 0.717) is 34.3 Å². The van der Waals surface area contributed by atoms with Crippen LogP contribution in [-0.4, -0.2) is 77.6 Å². The highest BCUT2D eigenvalue weighted by atomic mass is 32.2. The van der Waals surface area contributed by atoms with Gasteiger partial charge in [0.2, 0.25) is 5.79 Å². The average molecular weight is 775 g/mol. The molecule has 4 N–H and O–H groups in total. The second-order valence-corrected chi connectivity index (χ2v) is 14.9. The summed E-state index contributed by atoms with van der Waals surface area (Å²) in [7, 11) is 0. The fraction of sp³-hybridized carbons (Fsp3) is 0.424. The summed E-state index contributed by atoms with van der Waals surface area (Å²) in [5, 5.41) is 25.8. The van der Waals surface area contributed by atoms with Crippen molar-refractivity contribution in [3.8, 4) is 0 Å². The molecule has 0 saturated carbocycles. The van der Waals surface area contributed by atoms with E-state index in [1.807, 2.05) is 0 Å². The molecule has 0 spiro atoms. The van der Waals surface area contributed by atoms with E-state index in [-0.39, 0.29) is 24.1 Å². The number of imide groups is 1. The third-order valence-electron chi connectivity index (χ3n) is 8.11. The maximum atomic E-state index is 13.7. The second-order valence-electron chi connectivity index (χ2n) is 14.0. The Labute approximate surface area is 302 Å². The van der Waals surface area contributed by atoms with Crippen molar-refractivity contribution < 1.29 is 60.6 Å². The number of carbonyl (C=O) groups excluding carboxylic acids is 2. The molecule has 3 aromatic rings. The lowest BCUT2D eigenvalue weighted by Crippen LogP contribution is -2.78. The number of hydroxylamine groups is 1. The summed E-state index contributed by atoms with van der Waals surface area (Å²) in [6, 6.07) is 5.96. The van der Waals surface area contributed by atoms with Crippen molar-refractivity contribution in [2.45, 2.75) is 71.8 Å². The standard InChI is InChI=1S/C33H36F6N6O7S/c1-29(2,3)33(41-26(47)48,45(27(49)50)30(4,5)6)42-52-12-11-43-25(46)24(53-28(43)51)14-18-7-10-23-20(13-18)16-40-44(23)17-19-8-9-21(31(34,35)36)15-22(19)32(37,38)39/h7-10,13-16,41-42H,11-12,17H2,1-6H3,(H,47,48)(H,49,50)/b24-14-. The Bertz CT molecular complexity index is 1950. The van der Waals surface area contributed by atoms with Gasteiger partial charge in [-0.1, -0.05) is 32.9 Å². The number of nitrogens with one attached hydrogen (secondary N) is 2. The highest BCUT2D eigenvalue weighted by molar-refractivity contribution is 8.18. The third kappa shape index (κ3) is 8.87. The van der Waals surface area contributed by atoms with Crippen LogP contribution in [0.25, 0.3) is 17.0 Å². The molecular weight excluding hydrogens is 738 g/mol. The number of hydrogen-bond donors (Lipinski definition) is 4. The minimum absolute atomic E-state index is 0.0237. The number of benzene rings is 2. The van der Waals surface area contributed by atoms with Crippen LogP contribution in [0.15, 0.2) is 47.5 Å². The Balaban J connectivity index is 1.50. The van der Waals surface area contributed by atoms with Gasteiger partial charge >= 0.3 is 24.5 Å². The molecule has 288 valence electrons. The highest BCUT2D eigenvalue weighted by Crippen LogP contribution is 2.39. The Kier molecular flexibility index (Phi) is 11.2. The number of thioether (sulfide) groups is 1. The highest BCUT2D eigenvalue weighted by Gasteiger charge is 2.55. The number of aromatic nitrogens is 2. The zero-order valence-electron chi connectivity index (χ0n) is 29.1. The average Bonchev–Trinajstić information content (AvgIpc) is 3.50. The van der Waals surface area contributed by atoms with Crippen molar-refractivity contribution in [1.82, 2.24) is 30.4 Å². The summed E-state index contributed by atoms with van der Waals surface area (Å²) in [5.74, 6) is -2.72. The Morgan fingerprint density at radius 1 is 0.962 bits per heavy atom. The van der Waals surface area contributed by atoms with Gasteiger partial charge in [-0.15, -0.1) is 0 Å². The minimum atomic E-state index is -5.05. The van der Waals surface area contributed by atoms with Crippen LogP contribution in [-0.2, 0) is 28.5 Å². The lowest BCUT2D eigenvalue weighted by Gasteiger charge is -2.54. The molecule has 53 heavy (non-hydrogen) atoms. The molecule has 2 heterocycles. The molecule has 0 bridgehead atoms. The van der Waals surface area contributed by atoms with Gasteiger partial charge in [0.1, 0.15) is 0 Å². The van der Waals surface area contributed by atoms with Gasteiger partial charge in [-0.2, -0.15) is 36.9 Å². The van der Waals surface area contributed by atoms with E-state index in [9.17, 15) is 55.7 Å². The lowest BCUT2D eigenvalue weighted by molar-refractivity contribution is -0.169. The maximum Gasteiger partial charge on any atom is 0.416 e. The number of rotatable bonds is 10. The van der Waals surface area contributed by atoms with E-state index in [1.54, 1.807) is 47.6 Å². The molecule has 4 amide bonds. The Morgan fingerprint density at radius 3 is 2.17 bits per heavy atom. The first-order valence-corrected chi connectivity index (χ1v) is 16.5. The van der Waals surface area contributed by atoms with E-state index in [4.69, 9.17) is 4.84 Å². The van der Waals surface area contributed by atoms with Gasteiger partial charge in [0, 0.05) is 16.3 Å². The van der Waals surface area contributed by atoms with E-state index in [2.05, 4.69) is 15.9 Å². The zero-order chi connectivity index (χ0) is 39.9. The van der Waals surface area contributed by atoms with Crippen molar-refractivity contribution in [3.05, 3.63) is 69.8 Å². The summed E-state index contributed by atoms with van der Waals surface area (Å²) in [4.78, 5) is 57.5. The third-order valence-corrected chi connectivity index (χ3v) is 9.01. The molecule has 1 aliphatic rings. The van der Waals surface area contributed by atoms with Crippen LogP contribution in [0.5, 0.6) is 0 Å². The molecule has 13 nitrogen and oxygen atoms in total. The summed E-state index contributed by atoms with van der Waals surface area (Å²) < 4.78 is 81.6. The molecule has 1 aromatic heterocycles. The first kappa shape index (κ1) is 40.9. The minimum Gasteiger partial charge on any atom is -0.465 e. The lowest BCUT2D eigenvalue weighted by atomic mass is 9.83. The van der Waals surface area contributed by atoms with Crippen LogP contribution >= 0.6 is 11.8 Å². The first-order valence-electron chi connectivity index (χ1n) is 15.7. The topological polar surface area (TPSA) is 166 Å². The van der Waals surface area contributed by atoms with E-state index in [1.165, 1.54) is 29.1 Å². The quantitative estimate of drug-likeness (QED) is 0.0535. The first-order chi connectivity index (χ1) is 24.3. The van der Waals surface area contributed by atoms with Crippen molar-refractivity contribution in [3.63, 3.8) is 0 Å². The molecule has 1 atom stereocenters. The van der Waals surface area contributed by atoms with Gasteiger partial charge < -0.3 is 10.2 Å². The summed E-state index contributed by atoms with van der Waals surface area (Å²) >= 11 is 0.623. The van der Waals surface area contributed by atoms with Gasteiger partial charge in [0.15, 0.2) is 0 Å². The monoisotopic (exact) mass is 774 g/mol. The molecule has 1 unspecified atom stereocenters. The fourth-order valence-electron chi connectivity index (χ4n) is 5.67. The molecule has 2 aromatic carbocycles. The number of carbonyl (C=O) groups is 4. The van der Waals surface area contributed by atoms with Gasteiger partial charge in [-0.3, -0.25) is 34.2 Å². The van der Waals surface area contributed by atoms with E-state index in [0.717, 1.165) is 15.9 Å². The fourth-order valence-corrected chi connectivity index (χ4v) is 6.53. The molecular formula is C33H36F6N6O7S. The van der Waals surface area contributed by atoms with Crippen LogP contribution in [0.1, 0.15) is 63.8 Å². The summed E-state index contributed by atoms with van der Waals surface area (Å²) in [5.41, 5.74) is -2.29. The normalized spacial score (nSPS) is 16.4. The van der Waals surface area contributed by atoms with Crippen LogP contribution in [0.3, 0.4) is 0 Å². The number of fused-ring (bicyclic) bond motifs is 1. The molecule has 20 heteroatoms. The molecule has 1 fully saturated rings. The van der Waals surface area contributed by atoms with Crippen molar-refractivity contribution in [1.29, 1.82) is 0 Å². The Hall–Kier alpha value is -4.82. The smallest absolute Gasteiger partial charge is 0.416 e. The number of hydrogen-bond acceptors (Lipinski definition) is 8. The van der Waals surface area contributed by atoms with Crippen molar-refractivity contribution in [2.75, 3.05) is 13.2 Å². The van der Waals surface area contributed by atoms with E-state index >= 15 is 0 Å². The number of halogens is 6. The summed E-state index contributed by atoms with van der Waals surface area (Å²) in [6.45, 7) is 8.23. The van der Waals surface area contributed by atoms with Crippen LogP contribution in [0, 0.1) is 5.41 Å².